The highest BCUT2D eigenvalue weighted by Crippen LogP contribution is 2.36. The third kappa shape index (κ3) is 1.92. The quantitative estimate of drug-likeness (QED) is 0.756. The van der Waals surface area contributed by atoms with Crippen LogP contribution in [0, 0.1) is 5.92 Å². The number of likely N-dealkylation sites (tertiary alicyclic amines) is 1. The molecular weight excluding hydrogens is 186 g/mol. The highest BCUT2D eigenvalue weighted by Gasteiger charge is 2.38. The predicted octanol–water partition coefficient (Wildman–Crippen LogP) is 1.85. The minimum Gasteiger partial charge on any atom is -0.385 e. The Balaban J connectivity index is 2.27. The molecule has 0 bridgehead atoms. The van der Waals surface area contributed by atoms with Gasteiger partial charge in [-0.15, -0.1) is 0 Å². The van der Waals surface area contributed by atoms with Crippen molar-refractivity contribution < 1.29 is 5.11 Å². The first-order valence-corrected chi connectivity index (χ1v) is 5.59. The van der Waals surface area contributed by atoms with E-state index in [1.54, 1.807) is 0 Å². The molecule has 0 spiro atoms. The number of benzene rings is 1. The Labute approximate surface area is 91.5 Å². The molecule has 1 aliphatic heterocycles. The second kappa shape index (κ2) is 3.95. The van der Waals surface area contributed by atoms with Crippen molar-refractivity contribution in [2.24, 2.45) is 5.92 Å². The molecule has 1 fully saturated rings. The molecule has 0 amide bonds. The summed E-state index contributed by atoms with van der Waals surface area (Å²) in [5, 5.41) is 10.7. The first-order valence-electron chi connectivity index (χ1n) is 5.59. The van der Waals surface area contributed by atoms with E-state index in [0.717, 1.165) is 25.1 Å². The Kier molecular flexibility index (Phi) is 2.81. The Morgan fingerprint density at radius 1 is 1.33 bits per heavy atom. The van der Waals surface area contributed by atoms with Gasteiger partial charge >= 0.3 is 0 Å². The van der Waals surface area contributed by atoms with Gasteiger partial charge in [0.25, 0.3) is 0 Å². The van der Waals surface area contributed by atoms with Crippen molar-refractivity contribution in [3.63, 3.8) is 0 Å². The molecule has 1 aromatic rings. The molecule has 1 N–H and O–H groups in total. The van der Waals surface area contributed by atoms with Crippen LogP contribution in [0.25, 0.3) is 0 Å². The van der Waals surface area contributed by atoms with Gasteiger partial charge in [-0.1, -0.05) is 37.3 Å². The molecule has 2 rings (SSSR count). The maximum absolute atomic E-state index is 10.7. The molecule has 1 unspecified atom stereocenters. The Morgan fingerprint density at radius 3 is 2.60 bits per heavy atom. The summed E-state index contributed by atoms with van der Waals surface area (Å²) in [5.74, 6) is 0.290. The van der Waals surface area contributed by atoms with Crippen molar-refractivity contribution in [2.45, 2.75) is 18.9 Å². The summed E-state index contributed by atoms with van der Waals surface area (Å²) in [7, 11) is 2.11. The summed E-state index contributed by atoms with van der Waals surface area (Å²) in [6.45, 7) is 4.06. The molecule has 1 saturated heterocycles. The normalized spacial score (nSPS) is 32.9. The largest absolute Gasteiger partial charge is 0.385 e. The van der Waals surface area contributed by atoms with E-state index in [0.29, 0.717) is 5.92 Å². The number of rotatable bonds is 1. The van der Waals surface area contributed by atoms with E-state index >= 15 is 0 Å². The zero-order valence-corrected chi connectivity index (χ0v) is 9.48. The van der Waals surface area contributed by atoms with Gasteiger partial charge in [-0.05, 0) is 19.0 Å². The van der Waals surface area contributed by atoms with Gasteiger partial charge in [-0.3, -0.25) is 0 Å². The standard InChI is InChI=1S/C13H19NO/c1-11-10-14(2)9-8-13(11,15)12-6-4-3-5-7-12/h3-7,11,15H,8-10H2,1-2H3/t11-,13?/m1/s1. The number of piperidine rings is 1. The Bertz CT molecular complexity index is 325. The number of nitrogens with zero attached hydrogens (tertiary/aromatic N) is 1. The molecule has 0 aromatic heterocycles. The second-order valence-electron chi connectivity index (χ2n) is 4.70. The Morgan fingerprint density at radius 2 is 2.00 bits per heavy atom. The van der Waals surface area contributed by atoms with Gasteiger partial charge in [0.15, 0.2) is 0 Å². The van der Waals surface area contributed by atoms with Crippen molar-refractivity contribution in [1.82, 2.24) is 4.90 Å². The fourth-order valence-corrected chi connectivity index (χ4v) is 2.47. The molecule has 82 valence electrons. The van der Waals surface area contributed by atoms with Crippen LogP contribution < -0.4 is 0 Å². The van der Waals surface area contributed by atoms with Gasteiger partial charge in [0.2, 0.25) is 0 Å². The lowest BCUT2D eigenvalue weighted by molar-refractivity contribution is -0.0659. The van der Waals surface area contributed by atoms with Crippen molar-refractivity contribution in [2.75, 3.05) is 20.1 Å². The van der Waals surface area contributed by atoms with Gasteiger partial charge in [0, 0.05) is 19.0 Å². The summed E-state index contributed by atoms with van der Waals surface area (Å²) < 4.78 is 0. The van der Waals surface area contributed by atoms with E-state index in [4.69, 9.17) is 0 Å². The molecule has 0 aliphatic carbocycles. The van der Waals surface area contributed by atoms with Crippen LogP contribution in [0.2, 0.25) is 0 Å². The smallest absolute Gasteiger partial charge is 0.0946 e. The Hall–Kier alpha value is -0.860. The molecule has 15 heavy (non-hydrogen) atoms. The minimum atomic E-state index is -0.631. The number of hydrogen-bond donors (Lipinski definition) is 1. The molecule has 2 heteroatoms. The van der Waals surface area contributed by atoms with Crippen molar-refractivity contribution >= 4 is 0 Å². The highest BCUT2D eigenvalue weighted by atomic mass is 16.3. The van der Waals surface area contributed by atoms with E-state index in [1.165, 1.54) is 0 Å². The third-order valence-electron chi connectivity index (χ3n) is 3.55. The fourth-order valence-electron chi connectivity index (χ4n) is 2.47. The summed E-state index contributed by atoms with van der Waals surface area (Å²) in [6.07, 6.45) is 0.828. The van der Waals surface area contributed by atoms with Gasteiger partial charge in [0.1, 0.15) is 0 Å². The van der Waals surface area contributed by atoms with Gasteiger partial charge < -0.3 is 10.0 Å². The van der Waals surface area contributed by atoms with E-state index in [9.17, 15) is 5.11 Å². The lowest BCUT2D eigenvalue weighted by Crippen LogP contribution is -2.47. The zero-order chi connectivity index (χ0) is 10.9. The van der Waals surface area contributed by atoms with Crippen LogP contribution in [0.5, 0.6) is 0 Å². The highest BCUT2D eigenvalue weighted by molar-refractivity contribution is 5.24. The van der Waals surface area contributed by atoms with E-state index < -0.39 is 5.60 Å². The minimum absolute atomic E-state index is 0.290. The molecule has 1 heterocycles. The van der Waals surface area contributed by atoms with Crippen LogP contribution in [0.4, 0.5) is 0 Å². The van der Waals surface area contributed by atoms with Crippen LogP contribution in [-0.4, -0.2) is 30.1 Å². The predicted molar refractivity (Wildman–Crippen MR) is 61.6 cm³/mol. The van der Waals surface area contributed by atoms with Crippen molar-refractivity contribution in [1.29, 1.82) is 0 Å². The summed E-state index contributed by atoms with van der Waals surface area (Å²) in [6, 6.07) is 10.0. The maximum atomic E-state index is 10.7. The average molecular weight is 205 g/mol. The third-order valence-corrected chi connectivity index (χ3v) is 3.55. The fraction of sp³-hybridized carbons (Fsp3) is 0.538. The molecule has 2 atom stereocenters. The maximum Gasteiger partial charge on any atom is 0.0946 e. The lowest BCUT2D eigenvalue weighted by atomic mass is 9.77. The van der Waals surface area contributed by atoms with E-state index in [1.807, 2.05) is 30.3 Å². The molecule has 1 aliphatic rings. The number of hydrogen-bond acceptors (Lipinski definition) is 2. The monoisotopic (exact) mass is 205 g/mol. The molecule has 1 aromatic carbocycles. The van der Waals surface area contributed by atoms with Crippen LogP contribution in [-0.2, 0) is 5.60 Å². The van der Waals surface area contributed by atoms with E-state index in [2.05, 4.69) is 18.9 Å². The average Bonchev–Trinajstić information content (AvgIpc) is 2.25. The van der Waals surface area contributed by atoms with Gasteiger partial charge in [0.05, 0.1) is 5.60 Å². The van der Waals surface area contributed by atoms with Crippen molar-refractivity contribution in [3.05, 3.63) is 35.9 Å². The first kappa shape index (κ1) is 10.7. The zero-order valence-electron chi connectivity index (χ0n) is 9.48. The van der Waals surface area contributed by atoms with Crippen LogP contribution in [0.15, 0.2) is 30.3 Å². The van der Waals surface area contributed by atoms with Gasteiger partial charge in [-0.2, -0.15) is 0 Å². The molecular formula is C13H19NO. The van der Waals surface area contributed by atoms with Crippen LogP contribution in [0.3, 0.4) is 0 Å². The topological polar surface area (TPSA) is 23.5 Å². The summed E-state index contributed by atoms with van der Waals surface area (Å²) >= 11 is 0. The second-order valence-corrected chi connectivity index (χ2v) is 4.70. The van der Waals surface area contributed by atoms with Crippen LogP contribution >= 0.6 is 0 Å². The lowest BCUT2D eigenvalue weighted by Gasteiger charge is -2.42. The van der Waals surface area contributed by atoms with E-state index in [-0.39, 0.29) is 0 Å². The van der Waals surface area contributed by atoms with Crippen LogP contribution in [0.1, 0.15) is 18.9 Å². The summed E-state index contributed by atoms with van der Waals surface area (Å²) in [4.78, 5) is 2.28. The van der Waals surface area contributed by atoms with Crippen molar-refractivity contribution in [3.8, 4) is 0 Å². The summed E-state index contributed by atoms with van der Waals surface area (Å²) in [5.41, 5.74) is 0.430. The number of aliphatic hydroxyl groups is 1. The molecule has 2 nitrogen and oxygen atoms in total. The molecule has 0 radical (unpaired) electrons. The van der Waals surface area contributed by atoms with Gasteiger partial charge in [-0.25, -0.2) is 0 Å². The SMILES string of the molecule is C[C@@H]1CN(C)CCC1(O)c1ccccc1. The first-order chi connectivity index (χ1) is 7.13. The molecule has 0 saturated carbocycles.